The van der Waals surface area contributed by atoms with Crippen molar-refractivity contribution in [2.45, 2.75) is 51.5 Å². The standard InChI is InChI=1S/C12H23NO/c1-5-12(2,13(3)4)11(14)10-8-6-7-9-10/h10H,5-9H2,1-4H3. The summed E-state index contributed by atoms with van der Waals surface area (Å²) >= 11 is 0. The molecule has 2 nitrogen and oxygen atoms in total. The quantitative estimate of drug-likeness (QED) is 0.690. The van der Waals surface area contributed by atoms with E-state index in [4.69, 9.17) is 0 Å². The third-order valence-corrected chi connectivity index (χ3v) is 3.93. The molecule has 0 N–H and O–H groups in total. The van der Waals surface area contributed by atoms with E-state index in [0.717, 1.165) is 19.3 Å². The van der Waals surface area contributed by atoms with E-state index in [-0.39, 0.29) is 5.54 Å². The van der Waals surface area contributed by atoms with Crippen molar-refractivity contribution in [3.8, 4) is 0 Å². The maximum absolute atomic E-state index is 12.3. The summed E-state index contributed by atoms with van der Waals surface area (Å²) in [7, 11) is 4.02. The number of carbonyl (C=O) groups excluding carboxylic acids is 1. The zero-order valence-corrected chi connectivity index (χ0v) is 9.97. The predicted molar refractivity (Wildman–Crippen MR) is 59.3 cm³/mol. The summed E-state index contributed by atoms with van der Waals surface area (Å²) in [6.45, 7) is 4.18. The van der Waals surface area contributed by atoms with Gasteiger partial charge >= 0.3 is 0 Å². The Hall–Kier alpha value is -0.370. The van der Waals surface area contributed by atoms with Gasteiger partial charge in [-0.1, -0.05) is 19.8 Å². The normalized spacial score (nSPS) is 22.6. The van der Waals surface area contributed by atoms with Crippen LogP contribution in [0.15, 0.2) is 0 Å². The van der Waals surface area contributed by atoms with Crippen molar-refractivity contribution in [2.24, 2.45) is 5.92 Å². The van der Waals surface area contributed by atoms with Crippen molar-refractivity contribution >= 4 is 5.78 Å². The van der Waals surface area contributed by atoms with Crippen molar-refractivity contribution in [2.75, 3.05) is 14.1 Å². The molecule has 0 bridgehead atoms. The molecule has 82 valence electrons. The summed E-state index contributed by atoms with van der Waals surface area (Å²) in [6.07, 6.45) is 5.62. The second-order valence-corrected chi connectivity index (χ2v) is 4.87. The Kier molecular flexibility index (Phi) is 3.71. The zero-order chi connectivity index (χ0) is 10.8. The van der Waals surface area contributed by atoms with Crippen molar-refractivity contribution in [1.29, 1.82) is 0 Å². The number of ketones is 1. The molecular weight excluding hydrogens is 174 g/mol. The lowest BCUT2D eigenvalue weighted by Gasteiger charge is -2.36. The Labute approximate surface area is 87.7 Å². The highest BCUT2D eigenvalue weighted by Gasteiger charge is 2.38. The summed E-state index contributed by atoms with van der Waals surface area (Å²) in [6, 6.07) is 0. The molecule has 1 unspecified atom stereocenters. The highest BCUT2D eigenvalue weighted by atomic mass is 16.1. The van der Waals surface area contributed by atoms with Gasteiger partial charge in [0.1, 0.15) is 0 Å². The average molecular weight is 197 g/mol. The number of nitrogens with zero attached hydrogens (tertiary/aromatic N) is 1. The van der Waals surface area contributed by atoms with Crippen LogP contribution in [0.2, 0.25) is 0 Å². The highest BCUT2D eigenvalue weighted by Crippen LogP contribution is 2.32. The van der Waals surface area contributed by atoms with E-state index in [1.807, 2.05) is 14.1 Å². The van der Waals surface area contributed by atoms with Gasteiger partial charge < -0.3 is 0 Å². The monoisotopic (exact) mass is 197 g/mol. The molecule has 1 saturated carbocycles. The first-order chi connectivity index (χ1) is 6.52. The fourth-order valence-corrected chi connectivity index (χ4v) is 2.34. The number of hydrogen-bond donors (Lipinski definition) is 0. The van der Waals surface area contributed by atoms with E-state index in [9.17, 15) is 4.79 Å². The van der Waals surface area contributed by atoms with Crippen LogP contribution in [0.4, 0.5) is 0 Å². The second-order valence-electron chi connectivity index (χ2n) is 4.87. The smallest absolute Gasteiger partial charge is 0.155 e. The number of rotatable bonds is 4. The fourth-order valence-electron chi connectivity index (χ4n) is 2.34. The molecule has 0 aliphatic heterocycles. The average Bonchev–Trinajstić information content (AvgIpc) is 2.67. The second kappa shape index (κ2) is 4.43. The third kappa shape index (κ3) is 2.00. The number of hydrogen-bond acceptors (Lipinski definition) is 2. The molecule has 0 heterocycles. The lowest BCUT2D eigenvalue weighted by atomic mass is 9.83. The largest absolute Gasteiger partial charge is 0.297 e. The van der Waals surface area contributed by atoms with Gasteiger partial charge in [-0.25, -0.2) is 0 Å². The molecular formula is C12H23NO. The molecule has 0 aromatic heterocycles. The van der Waals surface area contributed by atoms with Crippen molar-refractivity contribution in [1.82, 2.24) is 4.90 Å². The van der Waals surface area contributed by atoms with Gasteiger partial charge in [-0.2, -0.15) is 0 Å². The number of carbonyl (C=O) groups is 1. The molecule has 0 radical (unpaired) electrons. The maximum Gasteiger partial charge on any atom is 0.155 e. The highest BCUT2D eigenvalue weighted by molar-refractivity contribution is 5.90. The Bertz CT molecular complexity index is 206. The molecule has 1 aliphatic rings. The topological polar surface area (TPSA) is 20.3 Å². The van der Waals surface area contributed by atoms with Crippen molar-refractivity contribution in [3.63, 3.8) is 0 Å². The van der Waals surface area contributed by atoms with E-state index < -0.39 is 0 Å². The summed E-state index contributed by atoms with van der Waals surface area (Å²) < 4.78 is 0. The third-order valence-electron chi connectivity index (χ3n) is 3.93. The van der Waals surface area contributed by atoms with E-state index in [1.54, 1.807) is 0 Å². The van der Waals surface area contributed by atoms with Gasteiger partial charge in [-0.05, 0) is 40.3 Å². The molecule has 0 aromatic carbocycles. The molecule has 1 rings (SSSR count). The van der Waals surface area contributed by atoms with E-state index >= 15 is 0 Å². The van der Waals surface area contributed by atoms with Gasteiger partial charge in [0.2, 0.25) is 0 Å². The number of likely N-dealkylation sites (N-methyl/N-ethyl adjacent to an activating group) is 1. The van der Waals surface area contributed by atoms with Gasteiger partial charge in [0.15, 0.2) is 5.78 Å². The van der Waals surface area contributed by atoms with Crippen LogP contribution in [0.3, 0.4) is 0 Å². The molecule has 0 aromatic rings. The molecule has 0 spiro atoms. The first kappa shape index (κ1) is 11.7. The molecule has 0 saturated heterocycles. The van der Waals surface area contributed by atoms with Gasteiger partial charge in [-0.3, -0.25) is 9.69 Å². The zero-order valence-electron chi connectivity index (χ0n) is 9.97. The minimum atomic E-state index is -0.241. The summed E-state index contributed by atoms with van der Waals surface area (Å²) in [4.78, 5) is 14.4. The van der Waals surface area contributed by atoms with Gasteiger partial charge in [0.25, 0.3) is 0 Å². The van der Waals surface area contributed by atoms with E-state index in [2.05, 4.69) is 18.7 Å². The van der Waals surface area contributed by atoms with Crippen LogP contribution in [-0.4, -0.2) is 30.3 Å². The van der Waals surface area contributed by atoms with Crippen molar-refractivity contribution in [3.05, 3.63) is 0 Å². The van der Waals surface area contributed by atoms with Crippen LogP contribution in [0.1, 0.15) is 46.0 Å². The minimum absolute atomic E-state index is 0.241. The fraction of sp³-hybridized carbons (Fsp3) is 0.917. The lowest BCUT2D eigenvalue weighted by molar-refractivity contribution is -0.133. The van der Waals surface area contributed by atoms with E-state index in [1.165, 1.54) is 12.8 Å². The minimum Gasteiger partial charge on any atom is -0.297 e. The lowest BCUT2D eigenvalue weighted by Crippen LogP contribution is -2.50. The van der Waals surface area contributed by atoms with Crippen molar-refractivity contribution < 1.29 is 4.79 Å². The van der Waals surface area contributed by atoms with Crippen LogP contribution < -0.4 is 0 Å². The van der Waals surface area contributed by atoms with Crippen LogP contribution in [-0.2, 0) is 4.79 Å². The number of Topliss-reactive ketones (excluding diaryl/α,β-unsaturated/α-hetero) is 1. The van der Waals surface area contributed by atoms with Crippen LogP contribution >= 0.6 is 0 Å². The molecule has 1 aliphatic carbocycles. The maximum atomic E-state index is 12.3. The van der Waals surface area contributed by atoms with Gasteiger partial charge in [-0.15, -0.1) is 0 Å². The molecule has 0 amide bonds. The Balaban J connectivity index is 2.73. The van der Waals surface area contributed by atoms with Crippen LogP contribution in [0.5, 0.6) is 0 Å². The summed E-state index contributed by atoms with van der Waals surface area (Å²) in [5.74, 6) is 0.796. The van der Waals surface area contributed by atoms with Gasteiger partial charge in [0.05, 0.1) is 5.54 Å². The molecule has 1 atom stereocenters. The van der Waals surface area contributed by atoms with Gasteiger partial charge in [0, 0.05) is 5.92 Å². The first-order valence-electron chi connectivity index (χ1n) is 5.74. The molecule has 14 heavy (non-hydrogen) atoms. The van der Waals surface area contributed by atoms with Crippen LogP contribution in [0, 0.1) is 5.92 Å². The predicted octanol–water partition coefficient (Wildman–Crippen LogP) is 2.48. The van der Waals surface area contributed by atoms with E-state index in [0.29, 0.717) is 11.7 Å². The first-order valence-corrected chi connectivity index (χ1v) is 5.74. The molecule has 2 heteroatoms. The molecule has 1 fully saturated rings. The Morgan fingerprint density at radius 2 is 1.86 bits per heavy atom. The van der Waals surface area contributed by atoms with Crippen LogP contribution in [0.25, 0.3) is 0 Å². The SMILES string of the molecule is CCC(C)(C(=O)C1CCCC1)N(C)C. The summed E-state index contributed by atoms with van der Waals surface area (Å²) in [5, 5.41) is 0. The Morgan fingerprint density at radius 1 is 1.36 bits per heavy atom. The Morgan fingerprint density at radius 3 is 2.21 bits per heavy atom. The summed E-state index contributed by atoms with van der Waals surface area (Å²) in [5.41, 5.74) is -0.241.